The molecule has 6 heteroatoms. The molecule has 3 nitrogen and oxygen atoms in total. The summed E-state index contributed by atoms with van der Waals surface area (Å²) in [5.41, 5.74) is 0.936. The number of pyridine rings is 1. The first-order chi connectivity index (χ1) is 11.0. The van der Waals surface area contributed by atoms with Gasteiger partial charge in [-0.3, -0.25) is 4.79 Å². The predicted octanol–water partition coefficient (Wildman–Crippen LogP) is 4.96. The number of amides is 1. The number of alkyl halides is 3. The van der Waals surface area contributed by atoms with Crippen LogP contribution in [0, 0.1) is 6.92 Å². The Morgan fingerprint density at radius 1 is 1.12 bits per heavy atom. The van der Waals surface area contributed by atoms with E-state index in [2.05, 4.69) is 10.3 Å². The van der Waals surface area contributed by atoms with E-state index in [1.54, 1.807) is 12.3 Å². The van der Waals surface area contributed by atoms with Crippen LogP contribution in [0.4, 0.5) is 19.0 Å². The molecule has 1 N–H and O–H groups in total. The van der Waals surface area contributed by atoms with Crippen LogP contribution in [-0.2, 0) is 11.6 Å². The van der Waals surface area contributed by atoms with Crippen LogP contribution in [0.5, 0.6) is 0 Å². The van der Waals surface area contributed by atoms with Crippen molar-refractivity contribution in [3.8, 4) is 0 Å². The summed E-state index contributed by atoms with van der Waals surface area (Å²) in [5, 5.41) is 2.56. The van der Waals surface area contributed by atoms with Crippen molar-refractivity contribution < 1.29 is 18.0 Å². The predicted molar refractivity (Wildman–Crippen MR) is 87.1 cm³/mol. The van der Waals surface area contributed by atoms with Crippen LogP contribution in [0.1, 0.15) is 47.8 Å². The summed E-state index contributed by atoms with van der Waals surface area (Å²) >= 11 is 0. The summed E-state index contributed by atoms with van der Waals surface area (Å²) in [6, 6.07) is 6.05. The zero-order valence-electron chi connectivity index (χ0n) is 14.0. The van der Waals surface area contributed by atoms with Gasteiger partial charge in [0.1, 0.15) is 5.82 Å². The van der Waals surface area contributed by atoms with Crippen molar-refractivity contribution in [1.82, 2.24) is 4.98 Å². The van der Waals surface area contributed by atoms with Gasteiger partial charge in [0.15, 0.2) is 0 Å². The molecular weight excluding hydrogens is 317 g/mol. The Bertz CT molecular complexity index is 762. The first-order valence-electron chi connectivity index (χ1n) is 7.44. The van der Waals surface area contributed by atoms with Crippen molar-refractivity contribution >= 4 is 11.7 Å². The van der Waals surface area contributed by atoms with E-state index < -0.39 is 17.6 Å². The van der Waals surface area contributed by atoms with E-state index in [9.17, 15) is 18.0 Å². The summed E-state index contributed by atoms with van der Waals surface area (Å²) in [4.78, 5) is 16.4. The molecular formula is C18H19F3N2O. The van der Waals surface area contributed by atoms with Gasteiger partial charge < -0.3 is 5.32 Å². The minimum atomic E-state index is -4.49. The molecule has 0 unspecified atom stereocenters. The molecule has 0 atom stereocenters. The maximum atomic E-state index is 12.7. The smallest absolute Gasteiger partial charge is 0.307 e. The molecule has 1 aromatic carbocycles. The van der Waals surface area contributed by atoms with Crippen LogP contribution in [0.15, 0.2) is 36.5 Å². The van der Waals surface area contributed by atoms with Crippen molar-refractivity contribution in [2.24, 2.45) is 0 Å². The number of aromatic nitrogens is 1. The second-order valence-electron chi connectivity index (χ2n) is 6.67. The van der Waals surface area contributed by atoms with E-state index in [1.807, 2.05) is 27.7 Å². The van der Waals surface area contributed by atoms with Crippen LogP contribution < -0.4 is 5.32 Å². The minimum absolute atomic E-state index is 0.0653. The fourth-order valence-electron chi connectivity index (χ4n) is 2.43. The van der Waals surface area contributed by atoms with E-state index in [-0.39, 0.29) is 11.0 Å². The van der Waals surface area contributed by atoms with Gasteiger partial charge in [0.2, 0.25) is 0 Å². The van der Waals surface area contributed by atoms with Gasteiger partial charge in [-0.05, 0) is 47.7 Å². The Kier molecular flexibility index (Phi) is 4.69. The highest BCUT2D eigenvalue weighted by atomic mass is 19.4. The average Bonchev–Trinajstić information content (AvgIpc) is 2.47. The van der Waals surface area contributed by atoms with Crippen molar-refractivity contribution in [3.63, 3.8) is 0 Å². The maximum absolute atomic E-state index is 12.7. The van der Waals surface area contributed by atoms with E-state index in [0.717, 1.165) is 23.3 Å². The molecule has 128 valence electrons. The van der Waals surface area contributed by atoms with E-state index >= 15 is 0 Å². The van der Waals surface area contributed by atoms with E-state index in [4.69, 9.17) is 0 Å². The Morgan fingerprint density at radius 3 is 2.38 bits per heavy atom. The number of nitrogens with one attached hydrogen (secondary N) is 1. The number of nitrogens with zero attached hydrogens (tertiary/aromatic N) is 1. The first kappa shape index (κ1) is 18.0. The van der Waals surface area contributed by atoms with Gasteiger partial charge >= 0.3 is 6.18 Å². The van der Waals surface area contributed by atoms with Gasteiger partial charge in [0.25, 0.3) is 5.91 Å². The highest BCUT2D eigenvalue weighted by molar-refractivity contribution is 6.03. The van der Waals surface area contributed by atoms with Crippen molar-refractivity contribution in [1.29, 1.82) is 0 Å². The monoisotopic (exact) mass is 336 g/mol. The van der Waals surface area contributed by atoms with E-state index in [1.165, 1.54) is 12.1 Å². The molecule has 0 radical (unpaired) electrons. The lowest BCUT2D eigenvalue weighted by Gasteiger charge is -2.22. The lowest BCUT2D eigenvalue weighted by molar-refractivity contribution is -0.137. The number of aryl methyl sites for hydroxylation is 1. The fraction of sp³-hybridized carbons (Fsp3) is 0.333. The molecule has 0 saturated heterocycles. The molecule has 1 amide bonds. The SMILES string of the molecule is Cc1cnc(NC(=O)c2cccc(C(F)(F)F)c2)cc1C(C)(C)C. The average molecular weight is 336 g/mol. The number of rotatable bonds is 2. The first-order valence-corrected chi connectivity index (χ1v) is 7.44. The van der Waals surface area contributed by atoms with Gasteiger partial charge in [-0.15, -0.1) is 0 Å². The number of halogens is 3. The third-order valence-electron chi connectivity index (χ3n) is 3.60. The molecule has 24 heavy (non-hydrogen) atoms. The summed E-state index contributed by atoms with van der Waals surface area (Å²) in [6.45, 7) is 8.03. The molecule has 0 fully saturated rings. The van der Waals surface area contributed by atoms with Crippen LogP contribution in [0.25, 0.3) is 0 Å². The Labute approximate surface area is 138 Å². The summed E-state index contributed by atoms with van der Waals surface area (Å²) in [7, 11) is 0. The molecule has 0 aliphatic rings. The Hall–Kier alpha value is -2.37. The van der Waals surface area contributed by atoms with E-state index in [0.29, 0.717) is 5.82 Å². The second kappa shape index (κ2) is 6.26. The minimum Gasteiger partial charge on any atom is -0.307 e. The Balaban J connectivity index is 2.28. The van der Waals surface area contributed by atoms with Gasteiger partial charge in [0.05, 0.1) is 5.56 Å². The topological polar surface area (TPSA) is 42.0 Å². The lowest BCUT2D eigenvalue weighted by Crippen LogP contribution is -2.17. The second-order valence-corrected chi connectivity index (χ2v) is 6.67. The highest BCUT2D eigenvalue weighted by Crippen LogP contribution is 2.30. The van der Waals surface area contributed by atoms with Crippen LogP contribution in [-0.4, -0.2) is 10.9 Å². The normalized spacial score (nSPS) is 12.1. The van der Waals surface area contributed by atoms with Crippen LogP contribution in [0.2, 0.25) is 0 Å². The summed E-state index contributed by atoms with van der Waals surface area (Å²) < 4.78 is 38.2. The molecule has 1 heterocycles. The number of hydrogen-bond acceptors (Lipinski definition) is 2. The van der Waals surface area contributed by atoms with Gasteiger partial charge in [-0.1, -0.05) is 26.8 Å². The fourth-order valence-corrected chi connectivity index (χ4v) is 2.43. The Morgan fingerprint density at radius 2 is 1.79 bits per heavy atom. The zero-order chi connectivity index (χ0) is 18.1. The quantitative estimate of drug-likeness (QED) is 0.842. The molecule has 0 saturated carbocycles. The summed E-state index contributed by atoms with van der Waals surface area (Å²) in [6.07, 6.45) is -2.85. The molecule has 2 rings (SSSR count). The van der Waals surface area contributed by atoms with Crippen molar-refractivity contribution in [2.45, 2.75) is 39.3 Å². The lowest BCUT2D eigenvalue weighted by atomic mass is 9.85. The molecule has 0 spiro atoms. The van der Waals surface area contributed by atoms with Crippen LogP contribution in [0.3, 0.4) is 0 Å². The van der Waals surface area contributed by atoms with Crippen LogP contribution >= 0.6 is 0 Å². The van der Waals surface area contributed by atoms with Gasteiger partial charge in [0, 0.05) is 11.8 Å². The number of hydrogen-bond donors (Lipinski definition) is 1. The van der Waals surface area contributed by atoms with Gasteiger partial charge in [-0.25, -0.2) is 4.98 Å². The maximum Gasteiger partial charge on any atom is 0.416 e. The zero-order valence-corrected chi connectivity index (χ0v) is 14.0. The van der Waals surface area contributed by atoms with Crippen molar-refractivity contribution in [2.75, 3.05) is 5.32 Å². The molecule has 0 aliphatic carbocycles. The highest BCUT2D eigenvalue weighted by Gasteiger charge is 2.31. The van der Waals surface area contributed by atoms with Gasteiger partial charge in [-0.2, -0.15) is 13.2 Å². The number of carbonyl (C=O) groups excluding carboxylic acids is 1. The number of carbonyl (C=O) groups is 1. The molecule has 1 aromatic heterocycles. The van der Waals surface area contributed by atoms with Crippen molar-refractivity contribution in [3.05, 3.63) is 58.8 Å². The summed E-state index contributed by atoms with van der Waals surface area (Å²) in [5.74, 6) is -0.315. The molecule has 0 aliphatic heterocycles. The standard InChI is InChI=1S/C18H19F3N2O/c1-11-10-22-15(9-14(11)17(2,3)4)23-16(24)12-6-5-7-13(8-12)18(19,20)21/h5-10H,1-4H3,(H,22,23,24). The third kappa shape index (κ3) is 4.13. The largest absolute Gasteiger partial charge is 0.416 e. The third-order valence-corrected chi connectivity index (χ3v) is 3.60. The number of benzene rings is 1. The molecule has 2 aromatic rings. The number of anilines is 1. The molecule has 0 bridgehead atoms.